The molecule has 0 spiro atoms. The van der Waals surface area contributed by atoms with E-state index in [1.807, 2.05) is 5.38 Å². The molecule has 2 rings (SSSR count). The number of hydrogen-bond acceptors (Lipinski definition) is 6. The Morgan fingerprint density at radius 1 is 1.38 bits per heavy atom. The highest BCUT2D eigenvalue weighted by Gasteiger charge is 2.14. The summed E-state index contributed by atoms with van der Waals surface area (Å²) in [7, 11) is -3.63. The van der Waals surface area contributed by atoms with Gasteiger partial charge in [-0.3, -0.25) is 4.98 Å². The molecule has 110 valence electrons. The first kappa shape index (κ1) is 15.6. The molecule has 0 aliphatic heterocycles. The molecular weight excluding hydrogens is 310 g/mol. The molecule has 0 fully saturated rings. The summed E-state index contributed by atoms with van der Waals surface area (Å²) in [6.45, 7) is -0.0224. The van der Waals surface area contributed by atoms with E-state index in [2.05, 4.69) is 26.5 Å². The maximum Gasteiger partial charge on any atom is 0.242 e. The molecule has 0 unspecified atom stereocenters. The number of sulfonamides is 1. The molecule has 0 amide bonds. The topological polar surface area (TPSA) is 92.2 Å². The van der Waals surface area contributed by atoms with Crippen molar-refractivity contribution in [2.75, 3.05) is 13.2 Å². The first-order valence-corrected chi connectivity index (χ1v) is 8.41. The van der Waals surface area contributed by atoms with Gasteiger partial charge in [-0.25, -0.2) is 18.1 Å². The Bertz CT molecular complexity index is 746. The van der Waals surface area contributed by atoms with Gasteiger partial charge in [0.1, 0.15) is 11.5 Å². The van der Waals surface area contributed by atoms with Crippen LogP contribution < -0.4 is 4.72 Å². The number of nitrogens with zero attached hydrogens (tertiary/aromatic N) is 2. The molecule has 0 aliphatic carbocycles. The molecule has 2 aromatic rings. The lowest BCUT2D eigenvalue weighted by Crippen LogP contribution is -2.26. The predicted octanol–water partition coefficient (Wildman–Crippen LogP) is 0.403. The first-order chi connectivity index (χ1) is 10.1. The van der Waals surface area contributed by atoms with Gasteiger partial charge in [0.15, 0.2) is 0 Å². The van der Waals surface area contributed by atoms with E-state index in [-0.39, 0.29) is 18.0 Å². The molecule has 6 nitrogen and oxygen atoms in total. The van der Waals surface area contributed by atoms with Crippen molar-refractivity contribution < 1.29 is 13.5 Å². The van der Waals surface area contributed by atoms with Gasteiger partial charge in [0.25, 0.3) is 0 Å². The van der Waals surface area contributed by atoms with Crippen LogP contribution in [0.2, 0.25) is 0 Å². The van der Waals surface area contributed by atoms with Crippen LogP contribution in [-0.4, -0.2) is 36.6 Å². The third-order valence-corrected chi connectivity index (χ3v) is 4.72. The summed E-state index contributed by atoms with van der Waals surface area (Å²) in [6, 6.07) is 1.42. The van der Waals surface area contributed by atoms with Crippen molar-refractivity contribution >= 4 is 21.4 Å². The molecule has 8 heteroatoms. The highest BCUT2D eigenvalue weighted by atomic mass is 32.2. The number of hydrogen-bond donors (Lipinski definition) is 2. The second kappa shape index (κ2) is 7.28. The van der Waals surface area contributed by atoms with E-state index in [0.717, 1.165) is 5.01 Å². The van der Waals surface area contributed by atoms with E-state index < -0.39 is 10.0 Å². The number of pyridine rings is 1. The molecule has 0 aliphatic rings. The average Bonchev–Trinajstić information content (AvgIpc) is 2.98. The van der Waals surface area contributed by atoms with Crippen LogP contribution in [0.3, 0.4) is 0 Å². The third-order valence-electron chi connectivity index (χ3n) is 2.45. The van der Waals surface area contributed by atoms with Gasteiger partial charge in [-0.2, -0.15) is 0 Å². The summed E-state index contributed by atoms with van der Waals surface area (Å²) in [4.78, 5) is 7.98. The molecule has 21 heavy (non-hydrogen) atoms. The van der Waals surface area contributed by atoms with Crippen molar-refractivity contribution in [1.82, 2.24) is 14.7 Å². The summed E-state index contributed by atoms with van der Waals surface area (Å²) in [6.07, 6.45) is 4.92. The summed E-state index contributed by atoms with van der Waals surface area (Å²) in [5.41, 5.74) is 0.437. The van der Waals surface area contributed by atoms with Gasteiger partial charge in [-0.15, -0.1) is 11.3 Å². The van der Waals surface area contributed by atoms with Crippen molar-refractivity contribution in [2.24, 2.45) is 0 Å². The van der Waals surface area contributed by atoms with E-state index in [0.29, 0.717) is 12.0 Å². The van der Waals surface area contributed by atoms with Crippen LogP contribution in [0, 0.1) is 11.8 Å². The fourth-order valence-electron chi connectivity index (χ4n) is 1.53. The van der Waals surface area contributed by atoms with E-state index in [1.54, 1.807) is 6.20 Å². The number of thiazole rings is 1. The Morgan fingerprint density at radius 3 is 2.95 bits per heavy atom. The van der Waals surface area contributed by atoms with Crippen LogP contribution in [0.5, 0.6) is 0 Å². The lowest BCUT2D eigenvalue weighted by atomic mass is 10.3. The Balaban J connectivity index is 2.04. The molecule has 0 saturated carbocycles. The second-order valence-electron chi connectivity index (χ2n) is 3.94. The number of nitrogens with one attached hydrogen (secondary N) is 1. The Labute approximate surface area is 126 Å². The van der Waals surface area contributed by atoms with E-state index in [1.165, 1.54) is 29.8 Å². The standard InChI is InChI=1S/C13H13N3O3S2/c17-6-1-2-11-8-12(10-14-9-11)21(18,19)16-4-3-13-15-5-7-20-13/h5,7-10,16-17H,3-4,6H2. The smallest absolute Gasteiger partial charge is 0.242 e. The minimum Gasteiger partial charge on any atom is -0.384 e. The number of aliphatic hydroxyl groups excluding tert-OH is 1. The minimum atomic E-state index is -3.63. The van der Waals surface area contributed by atoms with Gasteiger partial charge in [-0.1, -0.05) is 11.8 Å². The molecule has 0 bridgehead atoms. The molecule has 0 aromatic carbocycles. The van der Waals surface area contributed by atoms with Crippen molar-refractivity contribution in [3.8, 4) is 11.8 Å². The largest absolute Gasteiger partial charge is 0.384 e. The molecule has 2 N–H and O–H groups in total. The fraction of sp³-hybridized carbons (Fsp3) is 0.231. The summed E-state index contributed by atoms with van der Waals surface area (Å²) >= 11 is 1.48. The Hall–Kier alpha value is -1.79. The molecular formula is C13H13N3O3S2. The highest BCUT2D eigenvalue weighted by Crippen LogP contribution is 2.09. The number of aromatic nitrogens is 2. The average molecular weight is 323 g/mol. The van der Waals surface area contributed by atoms with Crippen molar-refractivity contribution in [3.63, 3.8) is 0 Å². The first-order valence-electron chi connectivity index (χ1n) is 6.04. The quantitative estimate of drug-likeness (QED) is 0.777. The van der Waals surface area contributed by atoms with Crippen LogP contribution in [0.15, 0.2) is 34.9 Å². The highest BCUT2D eigenvalue weighted by molar-refractivity contribution is 7.89. The molecule has 2 aromatic heterocycles. The van der Waals surface area contributed by atoms with Crippen LogP contribution in [0.25, 0.3) is 0 Å². The zero-order chi connectivity index (χ0) is 15.1. The number of rotatable bonds is 5. The Kier molecular flexibility index (Phi) is 5.41. The monoisotopic (exact) mass is 323 g/mol. The van der Waals surface area contributed by atoms with Gasteiger partial charge in [-0.05, 0) is 6.07 Å². The maximum atomic E-state index is 12.1. The van der Waals surface area contributed by atoms with Gasteiger partial charge in [0, 0.05) is 42.5 Å². The maximum absolute atomic E-state index is 12.1. The van der Waals surface area contributed by atoms with Gasteiger partial charge < -0.3 is 5.11 Å². The molecule has 2 heterocycles. The van der Waals surface area contributed by atoms with Crippen LogP contribution >= 0.6 is 11.3 Å². The van der Waals surface area contributed by atoms with E-state index in [9.17, 15) is 8.42 Å². The van der Waals surface area contributed by atoms with Gasteiger partial charge in [0.2, 0.25) is 10.0 Å². The van der Waals surface area contributed by atoms with Gasteiger partial charge in [0.05, 0.1) is 5.01 Å². The predicted molar refractivity (Wildman–Crippen MR) is 79.2 cm³/mol. The van der Waals surface area contributed by atoms with Crippen LogP contribution in [-0.2, 0) is 16.4 Å². The van der Waals surface area contributed by atoms with E-state index in [4.69, 9.17) is 5.11 Å². The summed E-state index contributed by atoms with van der Waals surface area (Å²) in [5.74, 6) is 5.07. The van der Waals surface area contributed by atoms with E-state index >= 15 is 0 Å². The SMILES string of the molecule is O=S(=O)(NCCc1nccs1)c1cncc(C#CCO)c1. The van der Waals surface area contributed by atoms with Crippen LogP contribution in [0.1, 0.15) is 10.6 Å². The lowest BCUT2D eigenvalue weighted by molar-refractivity contribution is 0.350. The lowest BCUT2D eigenvalue weighted by Gasteiger charge is -2.05. The summed E-state index contributed by atoms with van der Waals surface area (Å²) < 4.78 is 26.7. The molecule has 0 radical (unpaired) electrons. The normalized spacial score (nSPS) is 10.9. The van der Waals surface area contributed by atoms with Crippen molar-refractivity contribution in [3.05, 3.63) is 40.6 Å². The Morgan fingerprint density at radius 2 is 2.24 bits per heavy atom. The van der Waals surface area contributed by atoms with Crippen LogP contribution in [0.4, 0.5) is 0 Å². The zero-order valence-corrected chi connectivity index (χ0v) is 12.6. The summed E-state index contributed by atoms with van der Waals surface area (Å²) in [5, 5.41) is 11.4. The number of aliphatic hydroxyl groups is 1. The van der Waals surface area contributed by atoms with Gasteiger partial charge >= 0.3 is 0 Å². The second-order valence-corrected chi connectivity index (χ2v) is 6.69. The molecule has 0 atom stereocenters. The molecule has 0 saturated heterocycles. The minimum absolute atomic E-state index is 0.0476. The fourth-order valence-corrected chi connectivity index (χ4v) is 3.17. The van der Waals surface area contributed by atoms with Crippen molar-refractivity contribution in [1.29, 1.82) is 0 Å². The zero-order valence-electron chi connectivity index (χ0n) is 11.0. The third kappa shape index (κ3) is 4.61. The van der Waals surface area contributed by atoms with Crippen molar-refractivity contribution in [2.45, 2.75) is 11.3 Å².